The van der Waals surface area contributed by atoms with Crippen LogP contribution in [0.25, 0.3) is 11.0 Å². The van der Waals surface area contributed by atoms with Crippen LogP contribution in [0.1, 0.15) is 43.6 Å². The van der Waals surface area contributed by atoms with E-state index in [0.29, 0.717) is 17.3 Å². The first-order chi connectivity index (χ1) is 16.6. The summed E-state index contributed by atoms with van der Waals surface area (Å²) in [5.74, 6) is 1.62. The highest BCUT2D eigenvalue weighted by atomic mass is 35.5. The zero-order chi connectivity index (χ0) is 23.8. The van der Waals surface area contributed by atoms with Crippen molar-refractivity contribution in [2.75, 3.05) is 13.2 Å². The molecule has 1 atom stereocenters. The lowest BCUT2D eigenvalue weighted by molar-refractivity contribution is -0.123. The summed E-state index contributed by atoms with van der Waals surface area (Å²) in [6, 6.07) is 26.1. The Morgan fingerprint density at radius 2 is 1.71 bits per heavy atom. The lowest BCUT2D eigenvalue weighted by Crippen LogP contribution is -2.29. The van der Waals surface area contributed by atoms with Crippen LogP contribution in [0.3, 0.4) is 0 Å². The fourth-order valence-corrected chi connectivity index (χ4v) is 4.25. The summed E-state index contributed by atoms with van der Waals surface area (Å²) in [5.41, 5.74) is 3.48. The Kier molecular flexibility index (Phi) is 8.21. The number of amides is 1. The van der Waals surface area contributed by atoms with E-state index in [1.165, 1.54) is 11.1 Å². The molecule has 4 aromatic rings. The number of aryl methyl sites for hydroxylation is 1. The first-order valence-corrected chi connectivity index (χ1v) is 12.2. The van der Waals surface area contributed by atoms with Crippen molar-refractivity contribution in [1.29, 1.82) is 0 Å². The van der Waals surface area contributed by atoms with Gasteiger partial charge >= 0.3 is 0 Å². The van der Waals surface area contributed by atoms with Crippen LogP contribution in [0.15, 0.2) is 78.9 Å². The number of unbranched alkanes of at least 4 members (excludes halogenated alkanes) is 2. The summed E-state index contributed by atoms with van der Waals surface area (Å²) < 4.78 is 7.84. The van der Waals surface area contributed by atoms with Crippen molar-refractivity contribution in [1.82, 2.24) is 14.9 Å². The number of benzene rings is 3. The summed E-state index contributed by atoms with van der Waals surface area (Å²) in [6.45, 7) is 2.87. The summed E-state index contributed by atoms with van der Waals surface area (Å²) in [4.78, 5) is 16.9. The number of imidazole rings is 1. The predicted octanol–water partition coefficient (Wildman–Crippen LogP) is 6.21. The fourth-order valence-electron chi connectivity index (χ4n) is 4.13. The minimum Gasteiger partial charge on any atom is -0.484 e. The topological polar surface area (TPSA) is 56.2 Å². The zero-order valence-electron chi connectivity index (χ0n) is 19.4. The number of nitrogens with one attached hydrogen (secondary N) is 1. The van der Waals surface area contributed by atoms with Crippen molar-refractivity contribution < 1.29 is 9.53 Å². The molecule has 0 spiro atoms. The van der Waals surface area contributed by atoms with Crippen LogP contribution in [0.4, 0.5) is 0 Å². The lowest BCUT2D eigenvalue weighted by Gasteiger charge is -2.18. The molecule has 0 fully saturated rings. The van der Waals surface area contributed by atoms with E-state index >= 15 is 0 Å². The molecule has 3 aromatic carbocycles. The van der Waals surface area contributed by atoms with Crippen molar-refractivity contribution in [2.45, 2.75) is 38.6 Å². The number of para-hydroxylation sites is 2. The van der Waals surface area contributed by atoms with Crippen LogP contribution in [0, 0.1) is 0 Å². The summed E-state index contributed by atoms with van der Waals surface area (Å²) in [5, 5.41) is 3.57. The van der Waals surface area contributed by atoms with Gasteiger partial charge in [-0.2, -0.15) is 0 Å². The number of aromatic nitrogens is 2. The molecular weight excluding hydrogens is 446 g/mol. The molecule has 1 aromatic heterocycles. The number of halogens is 1. The summed E-state index contributed by atoms with van der Waals surface area (Å²) in [6.07, 6.45) is 3.85. The Labute approximate surface area is 205 Å². The number of fused-ring (bicyclic) bond motifs is 1. The average molecular weight is 476 g/mol. The number of carbonyl (C=O) groups excluding carboxylic acids is 1. The van der Waals surface area contributed by atoms with Crippen LogP contribution >= 0.6 is 11.6 Å². The Morgan fingerprint density at radius 3 is 2.50 bits per heavy atom. The predicted molar refractivity (Wildman–Crippen MR) is 137 cm³/mol. The molecule has 0 aliphatic heterocycles. The van der Waals surface area contributed by atoms with Gasteiger partial charge in [-0.05, 0) is 61.7 Å². The molecule has 0 aliphatic rings. The third-order valence-electron chi connectivity index (χ3n) is 5.92. The van der Waals surface area contributed by atoms with Crippen molar-refractivity contribution in [3.63, 3.8) is 0 Å². The molecule has 0 bridgehead atoms. The number of ether oxygens (including phenoxy) is 1. The monoisotopic (exact) mass is 475 g/mol. The largest absolute Gasteiger partial charge is 0.484 e. The van der Waals surface area contributed by atoms with Gasteiger partial charge in [0.2, 0.25) is 0 Å². The maximum Gasteiger partial charge on any atom is 0.257 e. The molecule has 0 aliphatic carbocycles. The van der Waals surface area contributed by atoms with Crippen molar-refractivity contribution in [3.8, 4) is 5.75 Å². The zero-order valence-corrected chi connectivity index (χ0v) is 20.2. The number of rotatable bonds is 11. The van der Waals surface area contributed by atoms with Crippen LogP contribution in [0.5, 0.6) is 5.75 Å². The maximum atomic E-state index is 12.0. The molecule has 1 amide bonds. The molecule has 1 heterocycles. The Hall–Kier alpha value is -3.31. The number of hydrogen-bond donors (Lipinski definition) is 1. The van der Waals surface area contributed by atoms with Gasteiger partial charge in [-0.3, -0.25) is 4.79 Å². The molecule has 34 heavy (non-hydrogen) atoms. The maximum absolute atomic E-state index is 12.0. The van der Waals surface area contributed by atoms with E-state index in [2.05, 4.69) is 59.3 Å². The molecule has 0 radical (unpaired) electrons. The highest BCUT2D eigenvalue weighted by Crippen LogP contribution is 2.27. The van der Waals surface area contributed by atoms with Gasteiger partial charge in [-0.25, -0.2) is 4.98 Å². The molecule has 0 saturated carbocycles. The average Bonchev–Trinajstić information content (AvgIpc) is 3.24. The Bertz CT molecular complexity index is 1210. The van der Waals surface area contributed by atoms with Gasteiger partial charge in [0.25, 0.3) is 5.91 Å². The van der Waals surface area contributed by atoms with Crippen LogP contribution in [-0.4, -0.2) is 28.6 Å². The Balaban J connectivity index is 1.25. The highest BCUT2D eigenvalue weighted by Gasteiger charge is 2.16. The molecule has 1 N–H and O–H groups in total. The first-order valence-electron chi connectivity index (χ1n) is 11.8. The number of nitrogens with zero attached hydrogens (tertiary/aromatic N) is 2. The van der Waals surface area contributed by atoms with Crippen LogP contribution in [-0.2, 0) is 11.2 Å². The van der Waals surface area contributed by atoms with Crippen LogP contribution < -0.4 is 10.1 Å². The van der Waals surface area contributed by atoms with Gasteiger partial charge in [0.15, 0.2) is 6.61 Å². The second-order valence-electron chi connectivity index (χ2n) is 8.38. The van der Waals surface area contributed by atoms with E-state index < -0.39 is 0 Å². The van der Waals surface area contributed by atoms with Gasteiger partial charge in [0, 0.05) is 18.0 Å². The van der Waals surface area contributed by atoms with Gasteiger partial charge < -0.3 is 14.6 Å². The third kappa shape index (κ3) is 6.17. The van der Waals surface area contributed by atoms with E-state index in [9.17, 15) is 4.79 Å². The van der Waals surface area contributed by atoms with Gasteiger partial charge in [0.05, 0.1) is 17.1 Å². The fraction of sp³-hybridized carbons (Fsp3) is 0.286. The third-order valence-corrected chi connectivity index (χ3v) is 6.17. The summed E-state index contributed by atoms with van der Waals surface area (Å²) >= 11 is 5.86. The van der Waals surface area contributed by atoms with Crippen LogP contribution in [0.2, 0.25) is 5.02 Å². The van der Waals surface area contributed by atoms with Gasteiger partial charge in [-0.15, -0.1) is 0 Å². The van der Waals surface area contributed by atoms with E-state index in [4.69, 9.17) is 21.3 Å². The number of carbonyl (C=O) groups is 1. The van der Waals surface area contributed by atoms with Gasteiger partial charge in [0.1, 0.15) is 11.6 Å². The normalized spacial score (nSPS) is 11.9. The first kappa shape index (κ1) is 23.8. The minimum atomic E-state index is -0.117. The minimum absolute atomic E-state index is 0.00301. The second kappa shape index (κ2) is 11.7. The molecule has 176 valence electrons. The molecule has 1 unspecified atom stereocenters. The number of hydrogen-bond acceptors (Lipinski definition) is 3. The molecule has 4 rings (SSSR count). The van der Waals surface area contributed by atoms with Crippen molar-refractivity contribution >= 4 is 28.5 Å². The van der Waals surface area contributed by atoms with E-state index in [1.807, 2.05) is 12.1 Å². The Morgan fingerprint density at radius 1 is 0.971 bits per heavy atom. The quantitative estimate of drug-likeness (QED) is 0.262. The van der Waals surface area contributed by atoms with E-state index in [1.54, 1.807) is 24.3 Å². The smallest absolute Gasteiger partial charge is 0.257 e. The molecule has 5 nitrogen and oxygen atoms in total. The highest BCUT2D eigenvalue weighted by molar-refractivity contribution is 6.30. The lowest BCUT2D eigenvalue weighted by atomic mass is 10.1. The molecule has 6 heteroatoms. The van der Waals surface area contributed by atoms with E-state index in [0.717, 1.165) is 37.0 Å². The SMILES string of the molecule is CC(c1ccccc1)n1c(CCCCCNC(=O)COc2ccc(Cl)cc2)nc2ccccc21. The molecular formula is C28H30ClN3O2. The van der Waals surface area contributed by atoms with E-state index in [-0.39, 0.29) is 18.6 Å². The van der Waals surface area contributed by atoms with Gasteiger partial charge in [-0.1, -0.05) is 60.5 Å². The second-order valence-corrected chi connectivity index (χ2v) is 8.81. The van der Waals surface area contributed by atoms with Crippen molar-refractivity contribution in [2.24, 2.45) is 0 Å². The van der Waals surface area contributed by atoms with Crippen molar-refractivity contribution in [3.05, 3.63) is 95.3 Å². The summed E-state index contributed by atoms with van der Waals surface area (Å²) in [7, 11) is 0. The molecule has 0 saturated heterocycles. The standard InChI is InChI=1S/C28H30ClN3O2/c1-21(22-10-4-2-5-11-22)32-26-13-8-7-12-25(26)31-27(32)14-6-3-9-19-30-28(33)20-34-24-17-15-23(29)16-18-24/h2,4-5,7-8,10-13,15-18,21H,3,6,9,14,19-20H2,1H3,(H,30,33).